The van der Waals surface area contributed by atoms with Crippen LogP contribution in [-0.2, 0) is 14.3 Å². The Hall–Kier alpha value is -2.20. The fourth-order valence-electron chi connectivity index (χ4n) is 2.23. The van der Waals surface area contributed by atoms with E-state index in [4.69, 9.17) is 5.26 Å². The van der Waals surface area contributed by atoms with Gasteiger partial charge in [0, 0.05) is 12.2 Å². The highest BCUT2D eigenvalue weighted by atomic mass is 35.5. The molecule has 1 atom stereocenters. The first-order chi connectivity index (χ1) is 9.89. The van der Waals surface area contributed by atoms with Gasteiger partial charge >= 0.3 is 11.9 Å². The number of nitrogens with zero attached hydrogens (tertiary/aromatic N) is 2. The van der Waals surface area contributed by atoms with E-state index >= 15 is 0 Å². The van der Waals surface area contributed by atoms with Crippen LogP contribution in [0, 0.1) is 17.2 Å². The highest BCUT2D eigenvalue weighted by molar-refractivity contribution is 6.04. The van der Waals surface area contributed by atoms with Crippen molar-refractivity contribution < 1.29 is 23.1 Å². The molecule has 1 unspecified atom stereocenters. The van der Waals surface area contributed by atoms with Crippen LogP contribution in [0.2, 0.25) is 0 Å². The maximum atomic E-state index is 13.8. The van der Waals surface area contributed by atoms with Crippen molar-refractivity contribution in [3.63, 3.8) is 0 Å². The number of alkyl halides is 2. The van der Waals surface area contributed by atoms with E-state index in [-0.39, 0.29) is 19.0 Å². The molecular weight excluding hydrogens is 318 g/mol. The molecular formula is C14H13ClF2N2O3. The van der Waals surface area contributed by atoms with E-state index in [1.165, 1.54) is 17.0 Å². The highest BCUT2D eigenvalue weighted by Crippen LogP contribution is 2.31. The van der Waals surface area contributed by atoms with Gasteiger partial charge in [0.15, 0.2) is 0 Å². The van der Waals surface area contributed by atoms with Gasteiger partial charge in [-0.2, -0.15) is 14.0 Å². The smallest absolute Gasteiger partial charge is 0.323 e. The zero-order valence-corrected chi connectivity index (χ0v) is 12.4. The van der Waals surface area contributed by atoms with Gasteiger partial charge in [-0.25, -0.2) is 0 Å². The van der Waals surface area contributed by atoms with Crippen molar-refractivity contribution in [1.82, 2.24) is 0 Å². The lowest BCUT2D eigenvalue weighted by Gasteiger charge is -2.36. The Morgan fingerprint density at radius 1 is 1.50 bits per heavy atom. The Labute approximate surface area is 131 Å². The van der Waals surface area contributed by atoms with Crippen LogP contribution in [0.5, 0.6) is 0 Å². The van der Waals surface area contributed by atoms with Gasteiger partial charge in [-0.15, -0.1) is 12.4 Å². The Balaban J connectivity index is 0.00000242. The molecule has 1 aromatic carbocycles. The lowest BCUT2D eigenvalue weighted by Crippen LogP contribution is -2.56. The highest BCUT2D eigenvalue weighted by Gasteiger charge is 2.52. The minimum atomic E-state index is -3.64. The van der Waals surface area contributed by atoms with Crippen LogP contribution >= 0.6 is 12.4 Å². The molecule has 0 bridgehead atoms. The molecule has 1 aromatic rings. The molecule has 118 valence electrons. The molecule has 0 aliphatic carbocycles. The van der Waals surface area contributed by atoms with Gasteiger partial charge in [-0.05, 0) is 18.2 Å². The van der Waals surface area contributed by atoms with Crippen molar-refractivity contribution >= 4 is 29.8 Å². The first kappa shape index (κ1) is 17.9. The topological polar surface area (TPSA) is 70.4 Å². The number of carbonyl (C=O) groups excluding carboxylic acids is 2. The molecule has 1 aliphatic heterocycles. The van der Waals surface area contributed by atoms with Crippen molar-refractivity contribution in [1.29, 1.82) is 5.26 Å². The van der Waals surface area contributed by atoms with Crippen molar-refractivity contribution in [2.75, 3.05) is 25.1 Å². The lowest BCUT2D eigenvalue weighted by atomic mass is 9.93. The van der Waals surface area contributed by atoms with Gasteiger partial charge in [0.1, 0.15) is 5.92 Å². The summed E-state index contributed by atoms with van der Waals surface area (Å²) < 4.78 is 32.0. The summed E-state index contributed by atoms with van der Waals surface area (Å²) in [5.74, 6) is -7.59. The van der Waals surface area contributed by atoms with Crippen LogP contribution < -0.4 is 4.90 Å². The zero-order valence-electron chi connectivity index (χ0n) is 11.6. The second-order valence-corrected chi connectivity index (χ2v) is 4.69. The predicted molar refractivity (Wildman–Crippen MR) is 76.1 cm³/mol. The Kier molecular flexibility index (Phi) is 5.44. The number of halogens is 3. The molecule has 1 heterocycles. The summed E-state index contributed by atoms with van der Waals surface area (Å²) in [5, 5.41) is 8.84. The summed E-state index contributed by atoms with van der Waals surface area (Å²) in [4.78, 5) is 24.3. The average molecular weight is 331 g/mol. The van der Waals surface area contributed by atoms with E-state index in [0.717, 1.165) is 7.11 Å². The van der Waals surface area contributed by atoms with E-state index in [0.29, 0.717) is 11.3 Å². The van der Waals surface area contributed by atoms with Gasteiger partial charge in [-0.3, -0.25) is 9.59 Å². The molecule has 5 nitrogen and oxygen atoms in total. The molecule has 1 aliphatic rings. The fourth-order valence-corrected chi connectivity index (χ4v) is 2.23. The van der Waals surface area contributed by atoms with Crippen LogP contribution in [-0.4, -0.2) is 37.9 Å². The average Bonchev–Trinajstić information content (AvgIpc) is 2.49. The number of benzene rings is 1. The summed E-state index contributed by atoms with van der Waals surface area (Å²) in [5.41, 5.74) is 0.664. The van der Waals surface area contributed by atoms with Crippen molar-refractivity contribution in [2.45, 2.75) is 5.92 Å². The van der Waals surface area contributed by atoms with E-state index in [2.05, 4.69) is 4.74 Å². The van der Waals surface area contributed by atoms with Crippen molar-refractivity contribution in [3.8, 4) is 6.07 Å². The molecule has 0 amide bonds. The monoisotopic (exact) mass is 330 g/mol. The number of piperidine rings is 1. The molecule has 1 saturated heterocycles. The van der Waals surface area contributed by atoms with E-state index in [1.54, 1.807) is 12.1 Å². The second-order valence-electron chi connectivity index (χ2n) is 4.69. The molecule has 1 fully saturated rings. The summed E-state index contributed by atoms with van der Waals surface area (Å²) in [6, 6.07) is 7.97. The summed E-state index contributed by atoms with van der Waals surface area (Å²) in [6.45, 7) is -1.02. The Bertz CT molecular complexity index is 631. The number of nitriles is 1. The number of hydrogen-bond acceptors (Lipinski definition) is 5. The number of Topliss-reactive ketones (excluding diaryl/α,β-unsaturated/α-hetero) is 1. The number of methoxy groups -OCH3 is 1. The predicted octanol–water partition coefficient (Wildman–Crippen LogP) is 1.79. The lowest BCUT2D eigenvalue weighted by molar-refractivity contribution is -0.161. The molecule has 0 saturated carbocycles. The third-order valence-corrected chi connectivity index (χ3v) is 3.30. The molecule has 8 heteroatoms. The number of carbonyl (C=O) groups is 2. The third kappa shape index (κ3) is 3.34. The summed E-state index contributed by atoms with van der Waals surface area (Å²) >= 11 is 0. The van der Waals surface area contributed by atoms with Gasteiger partial charge < -0.3 is 9.64 Å². The SMILES string of the molecule is COC(=O)C1CN(c2cccc(C#N)c2)CC(F)(F)C1=O.Cl. The second kappa shape index (κ2) is 6.71. The van der Waals surface area contributed by atoms with Crippen LogP contribution in [0.15, 0.2) is 24.3 Å². The number of esters is 1. The van der Waals surface area contributed by atoms with Crippen molar-refractivity contribution in [2.24, 2.45) is 5.92 Å². The van der Waals surface area contributed by atoms with E-state index in [1.807, 2.05) is 6.07 Å². The number of ether oxygens (including phenoxy) is 1. The van der Waals surface area contributed by atoms with E-state index < -0.39 is 30.1 Å². The van der Waals surface area contributed by atoms with Crippen LogP contribution in [0.4, 0.5) is 14.5 Å². The van der Waals surface area contributed by atoms with Gasteiger partial charge in [0.05, 0.1) is 25.3 Å². The van der Waals surface area contributed by atoms with Crippen molar-refractivity contribution in [3.05, 3.63) is 29.8 Å². The first-order valence-corrected chi connectivity index (χ1v) is 6.14. The zero-order chi connectivity index (χ0) is 15.6. The minimum Gasteiger partial charge on any atom is -0.468 e. The number of ketones is 1. The van der Waals surface area contributed by atoms with Crippen LogP contribution in [0.1, 0.15) is 5.56 Å². The summed E-state index contributed by atoms with van der Waals surface area (Å²) in [7, 11) is 1.04. The first-order valence-electron chi connectivity index (χ1n) is 6.14. The molecule has 22 heavy (non-hydrogen) atoms. The molecule has 2 rings (SSSR count). The number of hydrogen-bond donors (Lipinski definition) is 0. The van der Waals surface area contributed by atoms with Gasteiger partial charge in [-0.1, -0.05) is 6.07 Å². The molecule has 0 radical (unpaired) electrons. The van der Waals surface area contributed by atoms with Gasteiger partial charge in [0.2, 0.25) is 5.78 Å². The molecule has 0 spiro atoms. The Morgan fingerprint density at radius 3 is 2.77 bits per heavy atom. The maximum absolute atomic E-state index is 13.8. The fraction of sp³-hybridized carbons (Fsp3) is 0.357. The number of rotatable bonds is 2. The normalized spacial score (nSPS) is 19.8. The quantitative estimate of drug-likeness (QED) is 0.611. The van der Waals surface area contributed by atoms with Crippen LogP contribution in [0.3, 0.4) is 0 Å². The standard InChI is InChI=1S/C14H12F2N2O3.ClH/c1-21-13(20)11-7-18(8-14(15,16)12(11)19)10-4-2-3-9(5-10)6-17;/h2-5,11H,7-8H2,1H3;1H. The van der Waals surface area contributed by atoms with Crippen LogP contribution in [0.25, 0.3) is 0 Å². The third-order valence-electron chi connectivity index (χ3n) is 3.30. The number of anilines is 1. The van der Waals surface area contributed by atoms with Gasteiger partial charge in [0.25, 0.3) is 0 Å². The molecule has 0 aromatic heterocycles. The Morgan fingerprint density at radius 2 is 2.18 bits per heavy atom. The summed E-state index contributed by atoms with van der Waals surface area (Å²) in [6.07, 6.45) is 0. The minimum absolute atomic E-state index is 0. The largest absolute Gasteiger partial charge is 0.468 e. The molecule has 0 N–H and O–H groups in total. The maximum Gasteiger partial charge on any atom is 0.323 e. The van der Waals surface area contributed by atoms with E-state index in [9.17, 15) is 18.4 Å².